The minimum atomic E-state index is -0.361. The topological polar surface area (TPSA) is 47.6 Å². The second-order valence-electron chi connectivity index (χ2n) is 8.99. The molecular formula is C31H27Br2NO3. The van der Waals surface area contributed by atoms with Gasteiger partial charge in [-0.15, -0.1) is 0 Å². The van der Waals surface area contributed by atoms with Crippen molar-refractivity contribution in [3.05, 3.63) is 118 Å². The highest BCUT2D eigenvalue weighted by Gasteiger charge is 2.45. The lowest BCUT2D eigenvalue weighted by atomic mass is 9.78. The number of alkyl halides is 1. The average molecular weight is 621 g/mol. The van der Waals surface area contributed by atoms with E-state index in [0.29, 0.717) is 6.54 Å². The van der Waals surface area contributed by atoms with E-state index in [-0.39, 0.29) is 22.6 Å². The first kappa shape index (κ1) is 25.7. The normalized spacial score (nSPS) is 21.6. The van der Waals surface area contributed by atoms with Gasteiger partial charge in [-0.25, -0.2) is 0 Å². The Balaban J connectivity index is 1.76. The molecule has 3 unspecified atom stereocenters. The van der Waals surface area contributed by atoms with E-state index in [0.717, 1.165) is 49.4 Å². The molecular weight excluding hydrogens is 594 g/mol. The predicted molar refractivity (Wildman–Crippen MR) is 156 cm³/mol. The number of ketones is 1. The minimum absolute atomic E-state index is 0.0529. The first-order valence-corrected chi connectivity index (χ1v) is 13.8. The lowest BCUT2D eigenvalue weighted by Gasteiger charge is -2.24. The highest BCUT2D eigenvalue weighted by Crippen LogP contribution is 2.53. The molecule has 3 aromatic rings. The van der Waals surface area contributed by atoms with E-state index in [1.165, 1.54) is 0 Å². The van der Waals surface area contributed by atoms with Crippen LogP contribution in [0.4, 0.5) is 0 Å². The molecule has 0 spiro atoms. The maximum atomic E-state index is 14.5. The van der Waals surface area contributed by atoms with Crippen molar-refractivity contribution in [3.63, 3.8) is 0 Å². The number of hydrogen-bond donors (Lipinski definition) is 1. The first-order valence-electron chi connectivity index (χ1n) is 12.1. The summed E-state index contributed by atoms with van der Waals surface area (Å²) in [5.74, 6) is 1.15. The summed E-state index contributed by atoms with van der Waals surface area (Å²) in [6, 6.07) is 24.1. The molecule has 0 saturated heterocycles. The van der Waals surface area contributed by atoms with Crippen LogP contribution < -0.4 is 14.8 Å². The van der Waals surface area contributed by atoms with Crippen molar-refractivity contribution in [2.75, 3.05) is 20.8 Å². The Bertz CT molecular complexity index is 1370. The molecule has 5 rings (SSSR count). The maximum absolute atomic E-state index is 14.5. The Kier molecular flexibility index (Phi) is 7.79. The highest BCUT2D eigenvalue weighted by atomic mass is 79.9. The first-order chi connectivity index (χ1) is 18.0. The largest absolute Gasteiger partial charge is 0.497 e. The predicted octanol–water partition coefficient (Wildman–Crippen LogP) is 7.17. The van der Waals surface area contributed by atoms with Gasteiger partial charge in [0.25, 0.3) is 0 Å². The second kappa shape index (κ2) is 11.2. The zero-order valence-corrected chi connectivity index (χ0v) is 23.8. The van der Waals surface area contributed by atoms with Crippen LogP contribution in [0.15, 0.2) is 101 Å². The summed E-state index contributed by atoms with van der Waals surface area (Å²) in [6.45, 7) is 0.669. The van der Waals surface area contributed by atoms with Crippen LogP contribution in [0.2, 0.25) is 0 Å². The van der Waals surface area contributed by atoms with Crippen LogP contribution in [0.1, 0.15) is 22.6 Å². The minimum Gasteiger partial charge on any atom is -0.497 e. The summed E-state index contributed by atoms with van der Waals surface area (Å²) < 4.78 is 11.8. The number of rotatable bonds is 6. The Morgan fingerprint density at radius 3 is 2.03 bits per heavy atom. The fraction of sp³-hybridized carbons (Fsp3) is 0.194. The molecule has 0 bridgehead atoms. The van der Waals surface area contributed by atoms with Gasteiger partial charge in [0, 0.05) is 22.5 Å². The fourth-order valence-electron chi connectivity index (χ4n) is 5.14. The summed E-state index contributed by atoms with van der Waals surface area (Å²) in [4.78, 5) is 14.5. The van der Waals surface area contributed by atoms with Gasteiger partial charge in [0.05, 0.1) is 25.1 Å². The van der Waals surface area contributed by atoms with E-state index in [9.17, 15) is 4.79 Å². The van der Waals surface area contributed by atoms with Gasteiger partial charge in [-0.05, 0) is 64.2 Å². The van der Waals surface area contributed by atoms with Crippen molar-refractivity contribution < 1.29 is 14.3 Å². The molecule has 3 atom stereocenters. The van der Waals surface area contributed by atoms with Crippen LogP contribution in [0.25, 0.3) is 11.1 Å². The maximum Gasteiger partial charge on any atom is 0.172 e. The third-order valence-electron chi connectivity index (χ3n) is 6.92. The summed E-state index contributed by atoms with van der Waals surface area (Å²) in [5.41, 5.74) is 5.77. The number of carbonyl (C=O) groups excluding carboxylic acids is 1. The molecule has 6 heteroatoms. The molecule has 4 nitrogen and oxygen atoms in total. The fourth-order valence-corrected chi connectivity index (χ4v) is 5.74. The number of ether oxygens (including phenoxy) is 2. The number of benzene rings is 3. The van der Waals surface area contributed by atoms with Gasteiger partial charge in [0.2, 0.25) is 0 Å². The molecule has 0 radical (unpaired) electrons. The van der Waals surface area contributed by atoms with Gasteiger partial charge < -0.3 is 9.47 Å². The van der Waals surface area contributed by atoms with Crippen LogP contribution in [0.5, 0.6) is 11.5 Å². The highest BCUT2D eigenvalue weighted by molar-refractivity contribution is 9.10. The second-order valence-corrected chi connectivity index (χ2v) is 10.9. The number of allylic oxidation sites excluding steroid dienone is 4. The quantitative estimate of drug-likeness (QED) is 0.235. The molecule has 1 aliphatic carbocycles. The Morgan fingerprint density at radius 1 is 0.811 bits per heavy atom. The zero-order chi connectivity index (χ0) is 25.9. The summed E-state index contributed by atoms with van der Waals surface area (Å²) in [5, 5.41) is 3.38. The monoisotopic (exact) mass is 619 g/mol. The number of hydrogen-bond acceptors (Lipinski definition) is 4. The van der Waals surface area contributed by atoms with Crippen molar-refractivity contribution in [1.29, 1.82) is 0 Å². The van der Waals surface area contributed by atoms with E-state index < -0.39 is 0 Å². The summed E-state index contributed by atoms with van der Waals surface area (Å²) in [6.07, 6.45) is 6.27. The number of nitrogens with one attached hydrogen (secondary N) is 1. The smallest absolute Gasteiger partial charge is 0.172 e. The number of Topliss-reactive ketones (excluding diaryl/α,β-unsaturated/α-hetero) is 1. The summed E-state index contributed by atoms with van der Waals surface area (Å²) in [7, 11) is 3.32. The average Bonchev–Trinajstić information content (AvgIpc) is 3.06. The standard InChI is InChI=1S/C31H27Br2NO3/c1-36-24-12-5-19(6-13-24)27-28(20-7-14-25(37-2)15-8-20)30(22-9-16-26(33)34-18-17-22)31(35)29(27)21-3-10-23(32)11-4-21/h3-17,26,28,30,34H,18H2,1-2H3. The van der Waals surface area contributed by atoms with Gasteiger partial charge in [0.1, 0.15) is 11.5 Å². The van der Waals surface area contributed by atoms with Crippen LogP contribution >= 0.6 is 31.9 Å². The van der Waals surface area contributed by atoms with Crippen LogP contribution in [0, 0.1) is 5.92 Å². The summed E-state index contributed by atoms with van der Waals surface area (Å²) >= 11 is 7.17. The lowest BCUT2D eigenvalue weighted by molar-refractivity contribution is -0.115. The molecule has 0 aromatic heterocycles. The number of carbonyl (C=O) groups is 1. The molecule has 0 fully saturated rings. The van der Waals surface area contributed by atoms with Gasteiger partial charge in [0.15, 0.2) is 5.78 Å². The van der Waals surface area contributed by atoms with Crippen molar-refractivity contribution in [3.8, 4) is 11.5 Å². The van der Waals surface area contributed by atoms with Gasteiger partial charge in [-0.2, -0.15) is 0 Å². The van der Waals surface area contributed by atoms with Crippen LogP contribution in [-0.2, 0) is 4.79 Å². The van der Waals surface area contributed by atoms with Gasteiger partial charge in [-0.3, -0.25) is 10.1 Å². The number of halogens is 2. The van der Waals surface area contributed by atoms with Gasteiger partial charge in [-0.1, -0.05) is 86.5 Å². The van der Waals surface area contributed by atoms with Crippen molar-refractivity contribution in [2.45, 2.75) is 10.9 Å². The lowest BCUT2D eigenvalue weighted by Crippen LogP contribution is -2.21. The van der Waals surface area contributed by atoms with E-state index in [1.54, 1.807) is 14.2 Å². The molecule has 3 aromatic carbocycles. The molecule has 1 heterocycles. The van der Waals surface area contributed by atoms with E-state index >= 15 is 0 Å². The zero-order valence-electron chi connectivity index (χ0n) is 20.6. The van der Waals surface area contributed by atoms with E-state index in [4.69, 9.17) is 9.47 Å². The molecule has 37 heavy (non-hydrogen) atoms. The molecule has 2 aliphatic rings. The Hall–Kier alpha value is -2.93. The third-order valence-corrected chi connectivity index (χ3v) is 8.08. The Labute approximate surface area is 234 Å². The molecule has 0 saturated carbocycles. The molecule has 188 valence electrons. The SMILES string of the molecule is COc1ccc(C2=C(c3ccc(Br)cc3)C(=O)C(C3=CCNC(Br)C=C3)C2c2ccc(OC)cc2)cc1. The van der Waals surface area contributed by atoms with Gasteiger partial charge >= 0.3 is 0 Å². The number of methoxy groups -OCH3 is 2. The van der Waals surface area contributed by atoms with E-state index in [2.05, 4.69) is 67.5 Å². The van der Waals surface area contributed by atoms with E-state index in [1.807, 2.05) is 60.7 Å². The van der Waals surface area contributed by atoms with Crippen LogP contribution in [-0.4, -0.2) is 31.5 Å². The van der Waals surface area contributed by atoms with Crippen molar-refractivity contribution >= 4 is 48.8 Å². The molecule has 1 aliphatic heterocycles. The Morgan fingerprint density at radius 2 is 1.41 bits per heavy atom. The van der Waals surface area contributed by atoms with Crippen LogP contribution in [0.3, 0.4) is 0 Å². The van der Waals surface area contributed by atoms with Crippen molar-refractivity contribution in [2.24, 2.45) is 5.92 Å². The third kappa shape index (κ3) is 5.24. The van der Waals surface area contributed by atoms with Crippen molar-refractivity contribution in [1.82, 2.24) is 5.32 Å². The molecule has 1 N–H and O–H groups in total. The molecule has 0 amide bonds.